The molecule has 0 amide bonds. The van der Waals surface area contributed by atoms with Crippen LogP contribution in [0.3, 0.4) is 0 Å². The van der Waals surface area contributed by atoms with Gasteiger partial charge in [0.15, 0.2) is 6.61 Å². The van der Waals surface area contributed by atoms with E-state index in [-0.39, 0.29) is 17.0 Å². The van der Waals surface area contributed by atoms with Crippen LogP contribution in [0.15, 0.2) is 23.4 Å². The van der Waals surface area contributed by atoms with E-state index in [1.165, 1.54) is 6.07 Å². The molecule has 0 heterocycles. The number of ether oxygens (including phenoxy) is 1. The van der Waals surface area contributed by atoms with E-state index in [0.29, 0.717) is 0 Å². The van der Waals surface area contributed by atoms with Crippen LogP contribution in [-0.2, 0) is 4.79 Å². The summed E-state index contributed by atoms with van der Waals surface area (Å²) in [4.78, 5) is 20.2. The lowest BCUT2D eigenvalue weighted by atomic mass is 10.2. The van der Waals surface area contributed by atoms with Gasteiger partial charge in [0.25, 0.3) is 5.69 Å². The Morgan fingerprint density at radius 3 is 2.82 bits per heavy atom. The van der Waals surface area contributed by atoms with Gasteiger partial charge in [0.05, 0.1) is 11.1 Å². The van der Waals surface area contributed by atoms with Crippen molar-refractivity contribution in [2.75, 3.05) is 6.61 Å². The van der Waals surface area contributed by atoms with Gasteiger partial charge < -0.3 is 15.1 Å². The molecule has 0 aliphatic heterocycles. The first kappa shape index (κ1) is 12.4. The molecule has 8 heteroatoms. The average molecular weight is 240 g/mol. The van der Waals surface area contributed by atoms with E-state index < -0.39 is 17.5 Å². The predicted molar refractivity (Wildman–Crippen MR) is 55.6 cm³/mol. The molecule has 0 saturated heterocycles. The largest absolute Gasteiger partial charge is 0.481 e. The molecule has 1 aromatic rings. The summed E-state index contributed by atoms with van der Waals surface area (Å²) in [6.45, 7) is -0.593. The molecule has 17 heavy (non-hydrogen) atoms. The molecular weight excluding hydrogens is 232 g/mol. The maximum Gasteiger partial charge on any atom is 0.341 e. The third kappa shape index (κ3) is 3.45. The summed E-state index contributed by atoms with van der Waals surface area (Å²) >= 11 is 0. The zero-order chi connectivity index (χ0) is 12.8. The highest BCUT2D eigenvalue weighted by molar-refractivity contribution is 5.84. The minimum Gasteiger partial charge on any atom is -0.481 e. The van der Waals surface area contributed by atoms with E-state index in [0.717, 1.165) is 18.3 Å². The Labute approximate surface area is 94.9 Å². The van der Waals surface area contributed by atoms with E-state index in [1.54, 1.807) is 0 Å². The highest BCUT2D eigenvalue weighted by atomic mass is 16.6. The van der Waals surface area contributed by atoms with Gasteiger partial charge in [-0.2, -0.15) is 0 Å². The van der Waals surface area contributed by atoms with Gasteiger partial charge in [0.1, 0.15) is 5.75 Å². The number of carbonyl (C=O) groups is 1. The number of oxime groups is 1. The third-order valence-electron chi connectivity index (χ3n) is 1.75. The lowest BCUT2D eigenvalue weighted by molar-refractivity contribution is -0.384. The molecule has 0 aliphatic carbocycles. The molecule has 0 aromatic heterocycles. The lowest BCUT2D eigenvalue weighted by Gasteiger charge is -2.05. The average Bonchev–Trinajstić information content (AvgIpc) is 2.27. The van der Waals surface area contributed by atoms with Crippen molar-refractivity contribution >= 4 is 17.9 Å². The first-order valence-electron chi connectivity index (χ1n) is 4.35. The number of rotatable bonds is 5. The molecule has 0 aliphatic rings. The van der Waals surface area contributed by atoms with Crippen LogP contribution in [0.25, 0.3) is 0 Å². The van der Waals surface area contributed by atoms with Gasteiger partial charge >= 0.3 is 5.97 Å². The second kappa shape index (κ2) is 5.45. The van der Waals surface area contributed by atoms with Crippen LogP contribution in [0.4, 0.5) is 5.69 Å². The highest BCUT2D eigenvalue weighted by Gasteiger charge is 2.11. The smallest absolute Gasteiger partial charge is 0.341 e. The topological polar surface area (TPSA) is 122 Å². The summed E-state index contributed by atoms with van der Waals surface area (Å²) < 4.78 is 4.86. The summed E-state index contributed by atoms with van der Waals surface area (Å²) in [6, 6.07) is 3.50. The SMILES string of the molecule is O=C(O)COc1ccc([N+](=O)[O-])cc1/C=N/O. The minimum atomic E-state index is -1.18. The van der Waals surface area contributed by atoms with Gasteiger partial charge in [0, 0.05) is 17.7 Å². The Kier molecular flexibility index (Phi) is 3.98. The van der Waals surface area contributed by atoms with Crippen molar-refractivity contribution in [2.24, 2.45) is 5.16 Å². The number of carboxylic acids is 1. The lowest BCUT2D eigenvalue weighted by Crippen LogP contribution is -2.10. The van der Waals surface area contributed by atoms with E-state index in [9.17, 15) is 14.9 Å². The van der Waals surface area contributed by atoms with Crippen molar-refractivity contribution < 1.29 is 24.8 Å². The molecule has 8 nitrogen and oxygen atoms in total. The standard InChI is InChI=1S/C9H8N2O6/c12-9(13)5-17-8-2-1-7(11(15)16)3-6(8)4-10-14/h1-4,14H,5H2,(H,12,13)/b10-4+. The van der Waals surface area contributed by atoms with Gasteiger partial charge in [0.2, 0.25) is 0 Å². The van der Waals surface area contributed by atoms with Crippen LogP contribution in [-0.4, -0.2) is 34.0 Å². The van der Waals surface area contributed by atoms with Crippen LogP contribution >= 0.6 is 0 Å². The minimum absolute atomic E-state index is 0.0794. The van der Waals surface area contributed by atoms with Crippen molar-refractivity contribution in [3.63, 3.8) is 0 Å². The molecule has 1 rings (SSSR count). The molecule has 0 bridgehead atoms. The fourth-order valence-corrected chi connectivity index (χ4v) is 1.08. The van der Waals surface area contributed by atoms with E-state index in [4.69, 9.17) is 15.1 Å². The number of benzene rings is 1. The van der Waals surface area contributed by atoms with Crippen LogP contribution in [0.2, 0.25) is 0 Å². The number of hydrogen-bond donors (Lipinski definition) is 2. The second-order valence-corrected chi connectivity index (χ2v) is 2.91. The van der Waals surface area contributed by atoms with Crippen LogP contribution in [0, 0.1) is 10.1 Å². The van der Waals surface area contributed by atoms with Gasteiger partial charge in [-0.05, 0) is 6.07 Å². The van der Waals surface area contributed by atoms with Crippen molar-refractivity contribution in [2.45, 2.75) is 0 Å². The first-order chi connectivity index (χ1) is 8.04. The molecule has 0 saturated carbocycles. The van der Waals surface area contributed by atoms with Crippen LogP contribution in [0.5, 0.6) is 5.75 Å². The second-order valence-electron chi connectivity index (χ2n) is 2.91. The van der Waals surface area contributed by atoms with Crippen molar-refractivity contribution in [3.05, 3.63) is 33.9 Å². The molecule has 0 fully saturated rings. The molecule has 0 radical (unpaired) electrons. The van der Waals surface area contributed by atoms with Gasteiger partial charge in [-0.25, -0.2) is 4.79 Å². The number of nitrogens with zero attached hydrogens (tertiary/aromatic N) is 2. The molecule has 0 unspecified atom stereocenters. The Morgan fingerprint density at radius 1 is 1.59 bits per heavy atom. The van der Waals surface area contributed by atoms with Gasteiger partial charge in [-0.15, -0.1) is 0 Å². The van der Waals surface area contributed by atoms with Gasteiger partial charge in [-0.1, -0.05) is 5.16 Å². The van der Waals surface area contributed by atoms with E-state index in [1.807, 2.05) is 0 Å². The molecule has 0 atom stereocenters. The first-order valence-corrected chi connectivity index (χ1v) is 4.35. The maximum atomic E-state index is 10.5. The quantitative estimate of drug-likeness (QED) is 0.340. The van der Waals surface area contributed by atoms with Crippen molar-refractivity contribution in [3.8, 4) is 5.75 Å². The number of aliphatic carboxylic acids is 1. The highest BCUT2D eigenvalue weighted by Crippen LogP contribution is 2.22. The van der Waals surface area contributed by atoms with Gasteiger partial charge in [-0.3, -0.25) is 10.1 Å². The third-order valence-corrected chi connectivity index (χ3v) is 1.75. The summed E-state index contributed by atoms with van der Waals surface area (Å²) in [5.41, 5.74) is -0.106. The number of nitro benzene ring substituents is 1. The number of hydrogen-bond acceptors (Lipinski definition) is 6. The Morgan fingerprint density at radius 2 is 2.29 bits per heavy atom. The fraction of sp³-hybridized carbons (Fsp3) is 0.111. The molecular formula is C9H8N2O6. The summed E-state index contributed by atoms with van der Waals surface area (Å²) in [5.74, 6) is -1.11. The Hall–Kier alpha value is -2.64. The normalized spacial score (nSPS) is 10.4. The van der Waals surface area contributed by atoms with Crippen LogP contribution in [0.1, 0.15) is 5.56 Å². The summed E-state index contributed by atoms with van der Waals surface area (Å²) in [6.07, 6.45) is 0.921. The summed E-state index contributed by atoms with van der Waals surface area (Å²) in [7, 11) is 0. The van der Waals surface area contributed by atoms with Crippen LogP contribution < -0.4 is 4.74 Å². The summed E-state index contributed by atoms with van der Waals surface area (Å²) in [5, 5.41) is 30.0. The Bertz CT molecular complexity index is 471. The zero-order valence-corrected chi connectivity index (χ0v) is 8.44. The predicted octanol–water partition coefficient (Wildman–Crippen LogP) is 0.866. The zero-order valence-electron chi connectivity index (χ0n) is 8.44. The number of non-ortho nitro benzene ring substituents is 1. The monoisotopic (exact) mass is 240 g/mol. The van der Waals surface area contributed by atoms with E-state index in [2.05, 4.69) is 5.16 Å². The number of carboxylic acid groups (broad SMARTS) is 1. The maximum absolute atomic E-state index is 10.5. The molecule has 2 N–H and O–H groups in total. The van der Waals surface area contributed by atoms with Crippen molar-refractivity contribution in [1.29, 1.82) is 0 Å². The molecule has 1 aromatic carbocycles. The van der Waals surface area contributed by atoms with Crippen molar-refractivity contribution in [1.82, 2.24) is 0 Å². The fourth-order valence-electron chi connectivity index (χ4n) is 1.08. The Balaban J connectivity index is 3.03. The number of nitro groups is 1. The molecule has 90 valence electrons. The van der Waals surface area contributed by atoms with E-state index >= 15 is 0 Å². The molecule has 0 spiro atoms.